The number of aryl methyl sites for hydroxylation is 1. The molecule has 0 spiro atoms. The molecule has 0 bridgehead atoms. The van der Waals surface area contributed by atoms with Crippen LogP contribution in [-0.2, 0) is 9.53 Å². The number of carbonyl (C=O) groups excluding carboxylic acids is 1. The van der Waals surface area contributed by atoms with Gasteiger partial charge in [-0.1, -0.05) is 18.2 Å². The predicted molar refractivity (Wildman–Crippen MR) is 132 cm³/mol. The molecule has 1 aliphatic rings. The van der Waals surface area contributed by atoms with E-state index in [1.807, 2.05) is 55.5 Å². The van der Waals surface area contributed by atoms with E-state index in [2.05, 4.69) is 4.99 Å². The maximum atomic E-state index is 13.8. The summed E-state index contributed by atoms with van der Waals surface area (Å²) < 4.78 is 31.5. The van der Waals surface area contributed by atoms with Gasteiger partial charge in [0.05, 0.1) is 12.0 Å². The molecule has 0 radical (unpaired) electrons. The van der Waals surface area contributed by atoms with Crippen LogP contribution < -0.4 is 9.47 Å². The average Bonchev–Trinajstić information content (AvgIpc) is 3.41. The van der Waals surface area contributed by atoms with Crippen LogP contribution in [0.1, 0.15) is 11.1 Å². The van der Waals surface area contributed by atoms with Gasteiger partial charge in [-0.15, -0.1) is 11.3 Å². The van der Waals surface area contributed by atoms with Gasteiger partial charge in [-0.25, -0.2) is 14.2 Å². The van der Waals surface area contributed by atoms with Crippen LogP contribution in [0.5, 0.6) is 17.2 Å². The van der Waals surface area contributed by atoms with Crippen molar-refractivity contribution in [3.8, 4) is 27.7 Å². The first-order valence-corrected chi connectivity index (χ1v) is 11.4. The first-order chi connectivity index (χ1) is 16.5. The van der Waals surface area contributed by atoms with Crippen LogP contribution >= 0.6 is 11.3 Å². The molecule has 0 aliphatic carbocycles. The second kappa shape index (κ2) is 9.11. The minimum atomic E-state index is -0.351. The summed E-state index contributed by atoms with van der Waals surface area (Å²) in [6, 6.07) is 18.2. The lowest BCUT2D eigenvalue weighted by atomic mass is 10.1. The van der Waals surface area contributed by atoms with E-state index in [4.69, 9.17) is 14.2 Å². The molecule has 0 amide bonds. The maximum Gasteiger partial charge on any atom is 0.334 e. The Bertz CT molecular complexity index is 1450. The minimum absolute atomic E-state index is 0.0583. The molecule has 0 N–H and O–H groups in total. The van der Waals surface area contributed by atoms with E-state index in [0.717, 1.165) is 37.4 Å². The molecule has 1 aromatic heterocycles. The summed E-state index contributed by atoms with van der Waals surface area (Å²) in [6.07, 6.45) is 3.48. The van der Waals surface area contributed by atoms with Gasteiger partial charge in [0, 0.05) is 16.2 Å². The molecule has 5 nitrogen and oxygen atoms in total. The maximum absolute atomic E-state index is 13.8. The number of rotatable bonds is 6. The third-order valence-electron chi connectivity index (χ3n) is 5.39. The summed E-state index contributed by atoms with van der Waals surface area (Å²) in [5.41, 5.74) is 2.66. The number of ether oxygens (including phenoxy) is 3. The number of cyclic esters (lactones) is 1. The summed E-state index contributed by atoms with van der Waals surface area (Å²) in [6.45, 7) is 1.95. The Labute approximate surface area is 199 Å². The largest absolute Gasteiger partial charge is 0.497 e. The number of fused-ring (bicyclic) bond motifs is 1. The molecular formula is C27H20FNO4S. The van der Waals surface area contributed by atoms with E-state index in [1.165, 1.54) is 12.1 Å². The Hall–Kier alpha value is -3.97. The Morgan fingerprint density at radius 3 is 2.53 bits per heavy atom. The zero-order chi connectivity index (χ0) is 23.7. The van der Waals surface area contributed by atoms with E-state index < -0.39 is 0 Å². The van der Waals surface area contributed by atoms with Crippen LogP contribution in [0.3, 0.4) is 0 Å². The zero-order valence-electron chi connectivity index (χ0n) is 18.5. The van der Waals surface area contributed by atoms with Crippen LogP contribution in [0, 0.1) is 12.7 Å². The molecule has 5 rings (SSSR count). The van der Waals surface area contributed by atoms with E-state index in [-0.39, 0.29) is 18.3 Å². The second-order valence-electron chi connectivity index (χ2n) is 7.71. The number of thiophene rings is 1. The molecule has 2 heterocycles. The Morgan fingerprint density at radius 1 is 1.03 bits per heavy atom. The van der Waals surface area contributed by atoms with Gasteiger partial charge in [0.1, 0.15) is 23.9 Å². The monoisotopic (exact) mass is 473 g/mol. The number of carbonyl (C=O) groups is 1. The fourth-order valence-electron chi connectivity index (χ4n) is 3.68. The van der Waals surface area contributed by atoms with E-state index in [9.17, 15) is 9.18 Å². The highest BCUT2D eigenvalue weighted by atomic mass is 32.1. The molecule has 4 aromatic rings. The first kappa shape index (κ1) is 21.9. The third-order valence-corrected chi connectivity index (χ3v) is 6.55. The predicted octanol–water partition coefficient (Wildman–Crippen LogP) is 6.79. The van der Waals surface area contributed by atoms with Gasteiger partial charge in [-0.3, -0.25) is 0 Å². The molecule has 0 saturated heterocycles. The Balaban J connectivity index is 1.49. The Morgan fingerprint density at radius 2 is 1.82 bits per heavy atom. The van der Waals surface area contributed by atoms with Crippen LogP contribution in [0.15, 0.2) is 71.7 Å². The molecule has 0 unspecified atom stereocenters. The molecule has 1 aliphatic heterocycles. The van der Waals surface area contributed by atoms with Crippen LogP contribution in [-0.4, -0.2) is 25.5 Å². The lowest BCUT2D eigenvalue weighted by molar-refractivity contribution is -0.132. The van der Waals surface area contributed by atoms with Crippen molar-refractivity contribution in [2.75, 3.05) is 13.7 Å². The minimum Gasteiger partial charge on any atom is -0.497 e. The smallest absolute Gasteiger partial charge is 0.334 e. The fraction of sp³-hybridized carbons (Fsp3) is 0.111. The molecule has 7 heteroatoms. The van der Waals surface area contributed by atoms with Crippen molar-refractivity contribution < 1.29 is 23.4 Å². The summed E-state index contributed by atoms with van der Waals surface area (Å²) in [5, 5.41) is 0.953. The first-order valence-electron chi connectivity index (χ1n) is 10.6. The van der Waals surface area contributed by atoms with Gasteiger partial charge in [0.15, 0.2) is 5.75 Å². The van der Waals surface area contributed by atoms with E-state index >= 15 is 0 Å². The van der Waals surface area contributed by atoms with Gasteiger partial charge in [-0.2, -0.15) is 0 Å². The van der Waals surface area contributed by atoms with Crippen molar-refractivity contribution in [3.63, 3.8) is 0 Å². The molecule has 0 fully saturated rings. The van der Waals surface area contributed by atoms with Gasteiger partial charge < -0.3 is 14.2 Å². The number of methoxy groups -OCH3 is 1. The van der Waals surface area contributed by atoms with Gasteiger partial charge >= 0.3 is 5.97 Å². The number of hydrogen-bond donors (Lipinski definition) is 0. The van der Waals surface area contributed by atoms with Gasteiger partial charge in [0.2, 0.25) is 5.90 Å². The fourth-order valence-corrected chi connectivity index (χ4v) is 4.93. The van der Waals surface area contributed by atoms with Crippen molar-refractivity contribution in [3.05, 3.63) is 83.7 Å². The van der Waals surface area contributed by atoms with Gasteiger partial charge in [0.25, 0.3) is 0 Å². The SMILES string of the molecule is COc1ccc2c(Oc3ccc(/C=C/C4=NCC(=O)O4)cc3)c(-c3ccc(F)cc3C)sc2c1. The van der Waals surface area contributed by atoms with Gasteiger partial charge in [-0.05, 0) is 72.2 Å². The quantitative estimate of drug-likeness (QED) is 0.290. The number of halogens is 1. The van der Waals surface area contributed by atoms with Crippen molar-refractivity contribution >= 4 is 39.4 Å². The lowest BCUT2D eigenvalue weighted by Crippen LogP contribution is -2.01. The molecule has 0 atom stereocenters. The molecule has 34 heavy (non-hydrogen) atoms. The summed E-state index contributed by atoms with van der Waals surface area (Å²) in [5.74, 6) is 1.83. The zero-order valence-corrected chi connectivity index (χ0v) is 19.3. The molecule has 170 valence electrons. The number of nitrogens with zero attached hydrogens (tertiary/aromatic N) is 1. The summed E-state index contributed by atoms with van der Waals surface area (Å²) in [4.78, 5) is 16.1. The highest BCUT2D eigenvalue weighted by Gasteiger charge is 2.19. The average molecular weight is 474 g/mol. The second-order valence-corrected chi connectivity index (χ2v) is 8.77. The summed E-state index contributed by atoms with van der Waals surface area (Å²) in [7, 11) is 1.64. The third kappa shape index (κ3) is 4.43. The van der Waals surface area contributed by atoms with Crippen molar-refractivity contribution in [1.82, 2.24) is 0 Å². The lowest BCUT2D eigenvalue weighted by Gasteiger charge is -2.10. The van der Waals surface area contributed by atoms with Crippen molar-refractivity contribution in [1.29, 1.82) is 0 Å². The van der Waals surface area contributed by atoms with Crippen LogP contribution in [0.2, 0.25) is 0 Å². The van der Waals surface area contributed by atoms with E-state index in [1.54, 1.807) is 30.6 Å². The number of esters is 1. The van der Waals surface area contributed by atoms with E-state index in [0.29, 0.717) is 17.4 Å². The van der Waals surface area contributed by atoms with Crippen LogP contribution in [0.25, 0.3) is 26.6 Å². The molecule has 0 saturated carbocycles. The van der Waals surface area contributed by atoms with Crippen molar-refractivity contribution in [2.24, 2.45) is 4.99 Å². The topological polar surface area (TPSA) is 57.1 Å². The number of aliphatic imine (C=N–C) groups is 1. The van der Waals surface area contributed by atoms with Crippen molar-refractivity contribution in [2.45, 2.75) is 6.92 Å². The van der Waals surface area contributed by atoms with Crippen LogP contribution in [0.4, 0.5) is 4.39 Å². The number of hydrogen-bond acceptors (Lipinski definition) is 6. The molecule has 3 aromatic carbocycles. The highest BCUT2D eigenvalue weighted by molar-refractivity contribution is 7.22. The normalized spacial score (nSPS) is 13.4. The number of benzene rings is 3. The Kier molecular flexibility index (Phi) is 5.86. The molecular weight excluding hydrogens is 453 g/mol. The highest BCUT2D eigenvalue weighted by Crippen LogP contribution is 2.48. The summed E-state index contributed by atoms with van der Waals surface area (Å²) >= 11 is 1.58. The standard InChI is InChI=1S/C27H20FNO4S/c1-16-13-18(28)6-10-21(16)27-26(22-11-9-20(31-2)14-23(22)34-27)32-19-7-3-17(4-8-19)5-12-24-29-15-25(30)33-24/h3-14H,15H2,1-2H3/b12-5+.